The summed E-state index contributed by atoms with van der Waals surface area (Å²) < 4.78 is 10.9. The molecular formula is C14H19NO2. The van der Waals surface area contributed by atoms with E-state index in [1.54, 1.807) is 0 Å². The van der Waals surface area contributed by atoms with E-state index in [-0.39, 0.29) is 0 Å². The molecule has 1 aromatic rings. The summed E-state index contributed by atoms with van der Waals surface area (Å²) in [5, 5.41) is 0. The summed E-state index contributed by atoms with van der Waals surface area (Å²) in [5.74, 6) is 0.920. The smallest absolute Gasteiger partial charge is 0.119 e. The lowest BCUT2D eigenvalue weighted by Gasteiger charge is -2.25. The van der Waals surface area contributed by atoms with E-state index in [0.29, 0.717) is 6.61 Å². The number of ether oxygens (including phenoxy) is 2. The zero-order chi connectivity index (χ0) is 11.8. The molecule has 0 radical (unpaired) electrons. The maximum Gasteiger partial charge on any atom is 0.119 e. The Hall–Kier alpha value is -1.32. The van der Waals surface area contributed by atoms with Gasteiger partial charge in [-0.15, -0.1) is 0 Å². The quantitative estimate of drug-likeness (QED) is 0.726. The van der Waals surface area contributed by atoms with Crippen LogP contribution in [0.3, 0.4) is 0 Å². The van der Waals surface area contributed by atoms with Gasteiger partial charge in [-0.2, -0.15) is 0 Å². The molecule has 0 unspecified atom stereocenters. The van der Waals surface area contributed by atoms with Crippen molar-refractivity contribution in [3.05, 3.63) is 42.5 Å². The molecule has 17 heavy (non-hydrogen) atoms. The average molecular weight is 233 g/mol. The van der Waals surface area contributed by atoms with Crippen molar-refractivity contribution in [3.8, 4) is 5.75 Å². The summed E-state index contributed by atoms with van der Waals surface area (Å²) in [4.78, 5) is 2.38. The number of morpholine rings is 1. The Morgan fingerprint density at radius 1 is 1.12 bits per heavy atom. The lowest BCUT2D eigenvalue weighted by Crippen LogP contribution is -2.36. The van der Waals surface area contributed by atoms with E-state index in [1.165, 1.54) is 0 Å². The molecule has 92 valence electrons. The first-order chi connectivity index (χ1) is 8.45. The third-order valence-corrected chi connectivity index (χ3v) is 2.72. The standard InChI is InChI=1S/C14H19NO2/c1-2-6-14(7-3-1)17-11-5-4-8-15-9-12-16-13-10-15/h1-7H,8-13H2. The Morgan fingerprint density at radius 3 is 2.65 bits per heavy atom. The molecule has 1 fully saturated rings. The highest BCUT2D eigenvalue weighted by Gasteiger charge is 2.07. The molecule has 1 aliphatic heterocycles. The topological polar surface area (TPSA) is 21.7 Å². The Morgan fingerprint density at radius 2 is 1.88 bits per heavy atom. The molecule has 1 aromatic carbocycles. The van der Waals surface area contributed by atoms with Gasteiger partial charge in [0, 0.05) is 19.6 Å². The van der Waals surface area contributed by atoms with Gasteiger partial charge in [0.1, 0.15) is 12.4 Å². The van der Waals surface area contributed by atoms with Gasteiger partial charge in [-0.05, 0) is 12.1 Å². The van der Waals surface area contributed by atoms with Gasteiger partial charge in [0.15, 0.2) is 0 Å². The van der Waals surface area contributed by atoms with Crippen molar-refractivity contribution in [1.82, 2.24) is 4.90 Å². The predicted molar refractivity (Wildman–Crippen MR) is 68.3 cm³/mol. The van der Waals surface area contributed by atoms with Crippen LogP contribution in [0.15, 0.2) is 42.5 Å². The van der Waals surface area contributed by atoms with Crippen molar-refractivity contribution < 1.29 is 9.47 Å². The molecule has 0 saturated carbocycles. The molecule has 3 heteroatoms. The van der Waals surface area contributed by atoms with Gasteiger partial charge >= 0.3 is 0 Å². The van der Waals surface area contributed by atoms with E-state index in [1.807, 2.05) is 30.3 Å². The van der Waals surface area contributed by atoms with Crippen LogP contribution in [0.2, 0.25) is 0 Å². The summed E-state index contributed by atoms with van der Waals surface area (Å²) in [7, 11) is 0. The van der Waals surface area contributed by atoms with Crippen molar-refractivity contribution >= 4 is 0 Å². The van der Waals surface area contributed by atoms with Crippen LogP contribution in [0.1, 0.15) is 0 Å². The van der Waals surface area contributed by atoms with Crippen LogP contribution >= 0.6 is 0 Å². The molecule has 1 saturated heterocycles. The van der Waals surface area contributed by atoms with Crippen molar-refractivity contribution in [2.45, 2.75) is 0 Å². The molecule has 0 N–H and O–H groups in total. The van der Waals surface area contributed by atoms with Crippen LogP contribution in [-0.4, -0.2) is 44.4 Å². The SMILES string of the molecule is C(=CCN1CCOCC1)COc1ccccc1. The molecule has 2 rings (SSSR count). The summed E-state index contributed by atoms with van der Waals surface area (Å²) >= 11 is 0. The Bertz CT molecular complexity index is 331. The molecule has 0 amide bonds. The van der Waals surface area contributed by atoms with E-state index in [4.69, 9.17) is 9.47 Å². The van der Waals surface area contributed by atoms with Gasteiger partial charge < -0.3 is 9.47 Å². The highest BCUT2D eigenvalue weighted by Crippen LogP contribution is 2.07. The molecule has 3 nitrogen and oxygen atoms in total. The van der Waals surface area contributed by atoms with Crippen molar-refractivity contribution in [3.63, 3.8) is 0 Å². The zero-order valence-electron chi connectivity index (χ0n) is 10.0. The Balaban J connectivity index is 1.61. The minimum atomic E-state index is 0.633. The second kappa shape index (κ2) is 7.09. The van der Waals surface area contributed by atoms with Crippen LogP contribution in [0.25, 0.3) is 0 Å². The third-order valence-electron chi connectivity index (χ3n) is 2.72. The van der Waals surface area contributed by atoms with E-state index in [9.17, 15) is 0 Å². The Kier molecular flexibility index (Phi) is 5.07. The fourth-order valence-electron chi connectivity index (χ4n) is 1.74. The first kappa shape index (κ1) is 12.1. The first-order valence-electron chi connectivity index (χ1n) is 6.08. The minimum Gasteiger partial charge on any atom is -0.490 e. The van der Waals surface area contributed by atoms with Gasteiger partial charge in [-0.3, -0.25) is 4.90 Å². The molecule has 1 aliphatic rings. The second-order valence-electron chi connectivity index (χ2n) is 4.01. The largest absolute Gasteiger partial charge is 0.490 e. The first-order valence-corrected chi connectivity index (χ1v) is 6.08. The molecular weight excluding hydrogens is 214 g/mol. The summed E-state index contributed by atoms with van der Waals surface area (Å²) in [5.41, 5.74) is 0. The maximum atomic E-state index is 5.57. The molecule has 1 heterocycles. The van der Waals surface area contributed by atoms with E-state index in [2.05, 4.69) is 17.1 Å². The fourth-order valence-corrected chi connectivity index (χ4v) is 1.74. The van der Waals surface area contributed by atoms with E-state index >= 15 is 0 Å². The van der Waals surface area contributed by atoms with Crippen molar-refractivity contribution in [2.75, 3.05) is 39.5 Å². The highest BCUT2D eigenvalue weighted by molar-refractivity contribution is 5.21. The summed E-state index contributed by atoms with van der Waals surface area (Å²) in [6.45, 7) is 5.40. The molecule has 0 spiro atoms. The van der Waals surface area contributed by atoms with Crippen LogP contribution in [0.5, 0.6) is 5.75 Å². The van der Waals surface area contributed by atoms with Crippen LogP contribution in [0, 0.1) is 0 Å². The highest BCUT2D eigenvalue weighted by atomic mass is 16.5. The predicted octanol–water partition coefficient (Wildman–Crippen LogP) is 1.95. The number of hydrogen-bond donors (Lipinski definition) is 0. The normalized spacial score (nSPS) is 17.4. The number of rotatable bonds is 5. The minimum absolute atomic E-state index is 0.633. The zero-order valence-corrected chi connectivity index (χ0v) is 10.0. The molecule has 0 aromatic heterocycles. The van der Waals surface area contributed by atoms with Gasteiger partial charge in [-0.25, -0.2) is 0 Å². The maximum absolute atomic E-state index is 5.57. The second-order valence-corrected chi connectivity index (χ2v) is 4.01. The van der Waals surface area contributed by atoms with Gasteiger partial charge in [0.25, 0.3) is 0 Å². The lowest BCUT2D eigenvalue weighted by atomic mass is 10.3. The summed E-state index contributed by atoms with van der Waals surface area (Å²) in [6, 6.07) is 9.88. The number of benzene rings is 1. The van der Waals surface area contributed by atoms with Crippen LogP contribution < -0.4 is 4.74 Å². The third kappa shape index (κ3) is 4.59. The lowest BCUT2D eigenvalue weighted by molar-refractivity contribution is 0.0434. The van der Waals surface area contributed by atoms with Gasteiger partial charge in [-0.1, -0.05) is 30.4 Å². The average Bonchev–Trinajstić information content (AvgIpc) is 2.41. The number of hydrogen-bond acceptors (Lipinski definition) is 3. The molecule has 0 atom stereocenters. The Labute approximate surface area is 103 Å². The van der Waals surface area contributed by atoms with E-state index < -0.39 is 0 Å². The van der Waals surface area contributed by atoms with Crippen LogP contribution in [0.4, 0.5) is 0 Å². The number of nitrogens with zero attached hydrogens (tertiary/aromatic N) is 1. The van der Waals surface area contributed by atoms with Crippen molar-refractivity contribution in [1.29, 1.82) is 0 Å². The monoisotopic (exact) mass is 233 g/mol. The number of para-hydroxylation sites is 1. The van der Waals surface area contributed by atoms with Crippen LogP contribution in [-0.2, 0) is 4.74 Å². The van der Waals surface area contributed by atoms with E-state index in [0.717, 1.165) is 38.6 Å². The summed E-state index contributed by atoms with van der Waals surface area (Å²) in [6.07, 6.45) is 4.23. The fraction of sp³-hybridized carbons (Fsp3) is 0.429. The van der Waals surface area contributed by atoms with Gasteiger partial charge in [0.2, 0.25) is 0 Å². The molecule has 0 bridgehead atoms. The van der Waals surface area contributed by atoms with Gasteiger partial charge in [0.05, 0.1) is 13.2 Å². The molecule has 0 aliphatic carbocycles. The van der Waals surface area contributed by atoms with Crippen molar-refractivity contribution in [2.24, 2.45) is 0 Å².